The van der Waals surface area contributed by atoms with Crippen LogP contribution in [-0.2, 0) is 14.6 Å². The lowest BCUT2D eigenvalue weighted by Gasteiger charge is -2.28. The summed E-state index contributed by atoms with van der Waals surface area (Å²) in [5.74, 6) is 0. The van der Waals surface area contributed by atoms with Crippen LogP contribution in [0.1, 0.15) is 32.1 Å². The van der Waals surface area contributed by atoms with E-state index >= 15 is 0 Å². The van der Waals surface area contributed by atoms with E-state index in [1.54, 1.807) is 0 Å². The molecule has 1 heterocycles. The maximum absolute atomic E-state index is 12.5. The predicted molar refractivity (Wildman–Crippen MR) is 63.2 cm³/mol. The number of nitrogens with one attached hydrogen (secondary N) is 1. The fourth-order valence-corrected chi connectivity index (χ4v) is 5.47. The van der Waals surface area contributed by atoms with Gasteiger partial charge in [-0.05, 0) is 32.7 Å². The largest absolute Gasteiger partial charge is 0.381 e. The molecule has 4 nitrogen and oxygen atoms in total. The Hall–Kier alpha value is -0.130. The van der Waals surface area contributed by atoms with Crippen molar-refractivity contribution in [2.75, 3.05) is 20.3 Å². The maximum Gasteiger partial charge on any atom is 0.157 e. The van der Waals surface area contributed by atoms with Gasteiger partial charge in [0.1, 0.15) is 0 Å². The summed E-state index contributed by atoms with van der Waals surface area (Å²) < 4.78 is 30.2. The van der Waals surface area contributed by atoms with E-state index in [1.807, 2.05) is 7.05 Å². The Morgan fingerprint density at radius 1 is 1.12 bits per heavy atom. The minimum absolute atomic E-state index is 0.160. The number of rotatable bonds is 3. The predicted octanol–water partition coefficient (Wildman–Crippen LogP) is 0.721. The minimum Gasteiger partial charge on any atom is -0.381 e. The molecule has 0 bridgehead atoms. The molecule has 1 N–H and O–H groups in total. The van der Waals surface area contributed by atoms with Gasteiger partial charge in [-0.1, -0.05) is 6.42 Å². The third kappa shape index (κ3) is 2.26. The van der Waals surface area contributed by atoms with Gasteiger partial charge in [0.2, 0.25) is 0 Å². The molecule has 1 aliphatic heterocycles. The zero-order chi connectivity index (χ0) is 11.6. The molecule has 2 aliphatic rings. The molecule has 2 rings (SSSR count). The molecule has 2 fully saturated rings. The average Bonchev–Trinajstić information content (AvgIpc) is 2.79. The van der Waals surface area contributed by atoms with Crippen molar-refractivity contribution < 1.29 is 13.2 Å². The first kappa shape index (κ1) is 12.3. The van der Waals surface area contributed by atoms with Gasteiger partial charge in [0.25, 0.3) is 0 Å². The van der Waals surface area contributed by atoms with Gasteiger partial charge in [-0.25, -0.2) is 8.42 Å². The maximum atomic E-state index is 12.5. The third-order valence-corrected chi connectivity index (χ3v) is 6.69. The van der Waals surface area contributed by atoms with Crippen LogP contribution in [0.3, 0.4) is 0 Å². The van der Waals surface area contributed by atoms with Crippen molar-refractivity contribution in [1.29, 1.82) is 0 Å². The Kier molecular flexibility index (Phi) is 3.87. The second-order valence-corrected chi connectivity index (χ2v) is 7.22. The molecule has 0 aromatic rings. The smallest absolute Gasteiger partial charge is 0.157 e. The van der Waals surface area contributed by atoms with Crippen molar-refractivity contribution in [3.8, 4) is 0 Å². The summed E-state index contributed by atoms with van der Waals surface area (Å²) >= 11 is 0. The first-order chi connectivity index (χ1) is 7.66. The van der Waals surface area contributed by atoms with Crippen molar-refractivity contribution in [3.63, 3.8) is 0 Å². The van der Waals surface area contributed by atoms with Crippen LogP contribution in [0.15, 0.2) is 0 Å². The molecule has 16 heavy (non-hydrogen) atoms. The van der Waals surface area contributed by atoms with Crippen LogP contribution in [0.5, 0.6) is 0 Å². The van der Waals surface area contributed by atoms with Crippen LogP contribution in [0, 0.1) is 0 Å². The second-order valence-electron chi connectivity index (χ2n) is 4.77. The Bertz CT molecular complexity index is 322. The summed E-state index contributed by atoms with van der Waals surface area (Å²) in [7, 11) is -1.10. The van der Waals surface area contributed by atoms with E-state index in [-0.39, 0.29) is 16.5 Å². The van der Waals surface area contributed by atoms with E-state index in [9.17, 15) is 8.42 Å². The van der Waals surface area contributed by atoms with Gasteiger partial charge >= 0.3 is 0 Å². The van der Waals surface area contributed by atoms with Gasteiger partial charge < -0.3 is 10.1 Å². The standard InChI is InChI=1S/C11H21NO3S/c1-12-10-3-2-4-11(10)16(13,14)9-5-7-15-8-6-9/h9-12H,2-8H2,1H3. The highest BCUT2D eigenvalue weighted by Crippen LogP contribution is 2.30. The summed E-state index contributed by atoms with van der Waals surface area (Å²) in [6.45, 7) is 1.20. The van der Waals surface area contributed by atoms with Gasteiger partial charge in [-0.2, -0.15) is 0 Å². The van der Waals surface area contributed by atoms with Crippen molar-refractivity contribution in [1.82, 2.24) is 5.32 Å². The second kappa shape index (κ2) is 5.02. The fourth-order valence-electron chi connectivity index (χ4n) is 2.90. The molecule has 1 saturated carbocycles. The highest BCUT2D eigenvalue weighted by Gasteiger charge is 2.41. The monoisotopic (exact) mass is 247 g/mol. The summed E-state index contributed by atoms with van der Waals surface area (Å²) in [4.78, 5) is 0. The van der Waals surface area contributed by atoms with E-state index in [2.05, 4.69) is 5.32 Å². The van der Waals surface area contributed by atoms with Gasteiger partial charge in [-0.3, -0.25) is 0 Å². The van der Waals surface area contributed by atoms with Crippen molar-refractivity contribution in [2.45, 2.75) is 48.6 Å². The van der Waals surface area contributed by atoms with E-state index in [1.165, 1.54) is 0 Å². The lowest BCUT2D eigenvalue weighted by molar-refractivity contribution is 0.0981. The molecule has 1 saturated heterocycles. The molecule has 5 heteroatoms. The van der Waals surface area contributed by atoms with Gasteiger partial charge in [0.05, 0.1) is 10.5 Å². The molecule has 0 amide bonds. The summed E-state index contributed by atoms with van der Waals surface area (Å²) in [5.41, 5.74) is 0. The average molecular weight is 247 g/mol. The van der Waals surface area contributed by atoms with Crippen LogP contribution < -0.4 is 5.32 Å². The van der Waals surface area contributed by atoms with Gasteiger partial charge in [0.15, 0.2) is 9.84 Å². The zero-order valence-electron chi connectivity index (χ0n) is 9.81. The van der Waals surface area contributed by atoms with E-state index in [0.717, 1.165) is 19.3 Å². The number of sulfone groups is 1. The Labute approximate surface area is 97.7 Å². The molecule has 2 atom stereocenters. The summed E-state index contributed by atoms with van der Waals surface area (Å²) in [5, 5.41) is 2.82. The molecule has 0 aromatic carbocycles. The van der Waals surface area contributed by atoms with Gasteiger partial charge in [0, 0.05) is 19.3 Å². The first-order valence-corrected chi connectivity index (χ1v) is 7.75. The normalized spacial score (nSPS) is 33.1. The highest BCUT2D eigenvalue weighted by molar-refractivity contribution is 7.92. The molecule has 1 aliphatic carbocycles. The number of hydrogen-bond donors (Lipinski definition) is 1. The molecule has 94 valence electrons. The van der Waals surface area contributed by atoms with Crippen LogP contribution in [0.2, 0.25) is 0 Å². The van der Waals surface area contributed by atoms with Crippen LogP contribution in [-0.4, -0.2) is 45.2 Å². The Balaban J connectivity index is 2.11. The lowest BCUT2D eigenvalue weighted by Crippen LogP contribution is -2.44. The SMILES string of the molecule is CNC1CCCC1S(=O)(=O)C1CCOCC1. The van der Waals surface area contributed by atoms with Gasteiger partial charge in [-0.15, -0.1) is 0 Å². The van der Waals surface area contributed by atoms with Crippen LogP contribution in [0.4, 0.5) is 0 Å². The Morgan fingerprint density at radius 2 is 1.81 bits per heavy atom. The van der Waals surface area contributed by atoms with E-state index < -0.39 is 9.84 Å². The third-order valence-electron chi connectivity index (χ3n) is 3.88. The topological polar surface area (TPSA) is 55.4 Å². The molecular weight excluding hydrogens is 226 g/mol. The Morgan fingerprint density at radius 3 is 2.44 bits per heavy atom. The molecule has 0 spiro atoms. The molecule has 0 radical (unpaired) electrons. The van der Waals surface area contributed by atoms with E-state index in [4.69, 9.17) is 4.74 Å². The van der Waals surface area contributed by atoms with Crippen LogP contribution in [0.25, 0.3) is 0 Å². The first-order valence-electron chi connectivity index (χ1n) is 6.14. The summed E-state index contributed by atoms with van der Waals surface area (Å²) in [6.07, 6.45) is 4.19. The van der Waals surface area contributed by atoms with Crippen molar-refractivity contribution in [3.05, 3.63) is 0 Å². The quantitative estimate of drug-likeness (QED) is 0.798. The minimum atomic E-state index is -2.97. The van der Waals surface area contributed by atoms with Crippen molar-refractivity contribution in [2.24, 2.45) is 0 Å². The van der Waals surface area contributed by atoms with Crippen LogP contribution >= 0.6 is 0 Å². The van der Waals surface area contributed by atoms with Crippen molar-refractivity contribution >= 4 is 9.84 Å². The summed E-state index contributed by atoms with van der Waals surface area (Å²) in [6, 6.07) is 0.160. The molecule has 0 aromatic heterocycles. The fraction of sp³-hybridized carbons (Fsp3) is 1.00. The van der Waals surface area contributed by atoms with E-state index in [0.29, 0.717) is 26.1 Å². The zero-order valence-corrected chi connectivity index (χ0v) is 10.6. The highest BCUT2D eigenvalue weighted by atomic mass is 32.2. The number of hydrogen-bond acceptors (Lipinski definition) is 4. The lowest BCUT2D eigenvalue weighted by atomic mass is 10.2. The molecule has 2 unspecified atom stereocenters. The molecular formula is C11H21NO3S. The number of ether oxygens (including phenoxy) is 1.